The van der Waals surface area contributed by atoms with E-state index in [1.807, 2.05) is 48.5 Å². The lowest BCUT2D eigenvalue weighted by molar-refractivity contribution is -0.129. The van der Waals surface area contributed by atoms with Crippen LogP contribution in [-0.4, -0.2) is 17.8 Å². The number of hydrogen-bond acceptors (Lipinski definition) is 5. The summed E-state index contributed by atoms with van der Waals surface area (Å²) in [5.41, 5.74) is 3.30. The molecular weight excluding hydrogens is 472 g/mol. The lowest BCUT2D eigenvalue weighted by Gasteiger charge is -2.08. The van der Waals surface area contributed by atoms with E-state index in [9.17, 15) is 9.59 Å². The summed E-state index contributed by atoms with van der Waals surface area (Å²) in [7, 11) is 0. The molecule has 32 heavy (non-hydrogen) atoms. The number of ether oxygens (including phenoxy) is 2. The zero-order valence-corrected chi connectivity index (χ0v) is 18.8. The fraction of sp³-hybridized carbons (Fsp3) is 0.0800. The second kappa shape index (κ2) is 9.62. The van der Waals surface area contributed by atoms with Gasteiger partial charge in [-0.15, -0.1) is 0 Å². The van der Waals surface area contributed by atoms with Crippen LogP contribution in [0.3, 0.4) is 0 Å². The molecule has 0 fully saturated rings. The summed E-state index contributed by atoms with van der Waals surface area (Å²) >= 11 is 3.51. The van der Waals surface area contributed by atoms with Gasteiger partial charge in [0.1, 0.15) is 12.4 Å². The smallest absolute Gasteiger partial charge is 0.363 e. The molecule has 160 valence electrons. The maximum absolute atomic E-state index is 12.3. The summed E-state index contributed by atoms with van der Waals surface area (Å²) in [6, 6.07) is 22.2. The van der Waals surface area contributed by atoms with E-state index in [1.54, 1.807) is 30.3 Å². The van der Waals surface area contributed by atoms with E-state index in [1.165, 1.54) is 6.92 Å². The van der Waals surface area contributed by atoms with Crippen molar-refractivity contribution < 1.29 is 19.1 Å². The van der Waals surface area contributed by atoms with Gasteiger partial charge in [-0.05, 0) is 54.1 Å². The molecule has 0 spiro atoms. The van der Waals surface area contributed by atoms with Gasteiger partial charge in [0, 0.05) is 28.2 Å². The van der Waals surface area contributed by atoms with Crippen molar-refractivity contribution in [3.8, 4) is 5.75 Å². The number of hydrogen-bond donors (Lipinski definition) is 1. The van der Waals surface area contributed by atoms with Gasteiger partial charge in [-0.2, -0.15) is 0 Å². The van der Waals surface area contributed by atoms with E-state index in [-0.39, 0.29) is 17.5 Å². The Kier molecular flexibility index (Phi) is 6.47. The van der Waals surface area contributed by atoms with E-state index in [4.69, 9.17) is 9.47 Å². The number of benzene rings is 3. The zero-order chi connectivity index (χ0) is 22.5. The van der Waals surface area contributed by atoms with E-state index < -0.39 is 5.97 Å². The summed E-state index contributed by atoms with van der Waals surface area (Å²) in [5.74, 6) is 0.219. The van der Waals surface area contributed by atoms with Crippen LogP contribution in [0.25, 0.3) is 6.08 Å². The molecule has 0 atom stereocenters. The maximum atomic E-state index is 12.3. The van der Waals surface area contributed by atoms with Crippen molar-refractivity contribution in [3.63, 3.8) is 0 Å². The lowest BCUT2D eigenvalue weighted by Crippen LogP contribution is -2.07. The summed E-state index contributed by atoms with van der Waals surface area (Å²) in [5, 5.41) is 2.69. The van der Waals surface area contributed by atoms with Crippen LogP contribution in [0.15, 0.2) is 88.0 Å². The molecule has 0 saturated carbocycles. The molecule has 1 amide bonds. The Bertz CT molecular complexity index is 1230. The molecule has 1 aliphatic rings. The number of halogens is 1. The highest BCUT2D eigenvalue weighted by atomic mass is 79.9. The van der Waals surface area contributed by atoms with E-state index >= 15 is 0 Å². The van der Waals surface area contributed by atoms with Crippen LogP contribution in [0.1, 0.15) is 23.6 Å². The number of carbonyl (C=O) groups excluding carboxylic acids is 2. The second-order valence-corrected chi connectivity index (χ2v) is 7.90. The number of cyclic esters (lactones) is 1. The maximum Gasteiger partial charge on any atom is 0.363 e. The van der Waals surface area contributed by atoms with Crippen LogP contribution in [0.5, 0.6) is 5.75 Å². The number of nitrogens with one attached hydrogen (secondary N) is 1. The van der Waals surface area contributed by atoms with Crippen LogP contribution < -0.4 is 10.1 Å². The number of aliphatic imine (C=N–C) groups is 1. The summed E-state index contributed by atoms with van der Waals surface area (Å²) < 4.78 is 12.2. The van der Waals surface area contributed by atoms with Gasteiger partial charge >= 0.3 is 5.97 Å². The molecule has 0 bridgehead atoms. The first-order valence-corrected chi connectivity index (χ1v) is 10.6. The quantitative estimate of drug-likeness (QED) is 0.374. The Morgan fingerprint density at radius 1 is 1.09 bits per heavy atom. The molecular formula is C25H19BrN2O4. The molecule has 0 aliphatic carbocycles. The van der Waals surface area contributed by atoms with E-state index in [0.717, 1.165) is 15.6 Å². The minimum atomic E-state index is -0.523. The Labute approximate surface area is 193 Å². The minimum Gasteiger partial charge on any atom is -0.489 e. The molecule has 3 aromatic rings. The SMILES string of the molecule is CC(=O)Nc1ccc(C2=N/C(=C\c3cccc(OCc4ccccc4Br)c3)C(=O)O2)cc1. The van der Waals surface area contributed by atoms with Gasteiger partial charge in [-0.1, -0.05) is 46.3 Å². The molecule has 1 aliphatic heterocycles. The van der Waals surface area contributed by atoms with Crippen molar-refractivity contribution in [3.05, 3.63) is 99.7 Å². The van der Waals surface area contributed by atoms with Gasteiger partial charge in [0.25, 0.3) is 0 Å². The molecule has 0 aromatic heterocycles. The Balaban J connectivity index is 1.49. The van der Waals surface area contributed by atoms with Gasteiger partial charge < -0.3 is 14.8 Å². The molecule has 1 N–H and O–H groups in total. The van der Waals surface area contributed by atoms with Gasteiger partial charge in [0.15, 0.2) is 5.70 Å². The molecule has 0 unspecified atom stereocenters. The average Bonchev–Trinajstić information content (AvgIpc) is 3.14. The predicted molar refractivity (Wildman–Crippen MR) is 126 cm³/mol. The average molecular weight is 491 g/mol. The zero-order valence-electron chi connectivity index (χ0n) is 17.2. The van der Waals surface area contributed by atoms with E-state index in [2.05, 4.69) is 26.2 Å². The number of amides is 1. The van der Waals surface area contributed by atoms with E-state index in [0.29, 0.717) is 23.6 Å². The molecule has 6 nitrogen and oxygen atoms in total. The fourth-order valence-corrected chi connectivity index (χ4v) is 3.46. The summed E-state index contributed by atoms with van der Waals surface area (Å²) in [6.45, 7) is 1.86. The number of anilines is 1. The van der Waals surface area contributed by atoms with Crippen LogP contribution in [0.4, 0.5) is 5.69 Å². The number of carbonyl (C=O) groups is 2. The standard InChI is InChI=1S/C25H19BrN2O4/c1-16(29)27-20-11-9-18(10-12-20)24-28-23(25(30)32-24)14-17-5-4-7-21(13-17)31-15-19-6-2-3-8-22(19)26/h2-14H,15H2,1H3,(H,27,29)/b23-14-. The third-order valence-corrected chi connectivity index (χ3v) is 5.36. The summed E-state index contributed by atoms with van der Waals surface area (Å²) in [6.07, 6.45) is 1.66. The normalized spacial score (nSPS) is 14.1. The molecule has 1 heterocycles. The number of rotatable bonds is 6. The third-order valence-electron chi connectivity index (χ3n) is 4.59. The molecule has 0 radical (unpaired) electrons. The first-order valence-electron chi connectivity index (χ1n) is 9.85. The van der Waals surface area contributed by atoms with Crippen LogP contribution in [0, 0.1) is 0 Å². The molecule has 3 aromatic carbocycles. The topological polar surface area (TPSA) is 77.0 Å². The predicted octanol–water partition coefficient (Wildman–Crippen LogP) is 5.33. The largest absolute Gasteiger partial charge is 0.489 e. The van der Waals surface area contributed by atoms with Crippen molar-refractivity contribution >= 4 is 45.5 Å². The fourth-order valence-electron chi connectivity index (χ4n) is 3.06. The van der Waals surface area contributed by atoms with Gasteiger partial charge in [0.2, 0.25) is 11.8 Å². The van der Waals surface area contributed by atoms with Gasteiger partial charge in [0.05, 0.1) is 0 Å². The molecule has 0 saturated heterocycles. The van der Waals surface area contributed by atoms with Crippen molar-refractivity contribution in [2.75, 3.05) is 5.32 Å². The highest BCUT2D eigenvalue weighted by molar-refractivity contribution is 9.10. The van der Waals surface area contributed by atoms with Crippen LogP contribution in [-0.2, 0) is 20.9 Å². The Morgan fingerprint density at radius 3 is 2.62 bits per heavy atom. The van der Waals surface area contributed by atoms with Crippen molar-refractivity contribution in [1.29, 1.82) is 0 Å². The van der Waals surface area contributed by atoms with Crippen molar-refractivity contribution in [2.24, 2.45) is 4.99 Å². The second-order valence-electron chi connectivity index (χ2n) is 7.05. The van der Waals surface area contributed by atoms with Crippen LogP contribution in [0.2, 0.25) is 0 Å². The lowest BCUT2D eigenvalue weighted by atomic mass is 10.2. The molecule has 4 rings (SSSR count). The highest BCUT2D eigenvalue weighted by Crippen LogP contribution is 2.23. The Morgan fingerprint density at radius 2 is 1.88 bits per heavy atom. The monoisotopic (exact) mass is 490 g/mol. The minimum absolute atomic E-state index is 0.157. The third kappa shape index (κ3) is 5.31. The first-order chi connectivity index (χ1) is 15.5. The highest BCUT2D eigenvalue weighted by Gasteiger charge is 2.24. The van der Waals surface area contributed by atoms with Crippen LogP contribution >= 0.6 is 15.9 Å². The number of esters is 1. The number of nitrogens with zero attached hydrogens (tertiary/aromatic N) is 1. The van der Waals surface area contributed by atoms with Crippen molar-refractivity contribution in [1.82, 2.24) is 0 Å². The van der Waals surface area contributed by atoms with Gasteiger partial charge in [-0.3, -0.25) is 4.79 Å². The summed E-state index contributed by atoms with van der Waals surface area (Å²) in [4.78, 5) is 27.8. The molecule has 7 heteroatoms. The Hall–Kier alpha value is -3.71. The van der Waals surface area contributed by atoms with Gasteiger partial charge in [-0.25, -0.2) is 9.79 Å². The van der Waals surface area contributed by atoms with Crippen molar-refractivity contribution in [2.45, 2.75) is 13.5 Å². The first kappa shape index (κ1) is 21.5.